The van der Waals surface area contributed by atoms with Gasteiger partial charge in [-0.1, -0.05) is 13.8 Å². The number of hydrogen-bond donors (Lipinski definition) is 3. The van der Waals surface area contributed by atoms with Gasteiger partial charge in [-0.2, -0.15) is 0 Å². The zero-order chi connectivity index (χ0) is 17.0. The molecular formula is C16H20N2O4S. The van der Waals surface area contributed by atoms with E-state index in [9.17, 15) is 19.5 Å². The van der Waals surface area contributed by atoms with Crippen molar-refractivity contribution in [3.63, 3.8) is 0 Å². The van der Waals surface area contributed by atoms with E-state index in [1.165, 1.54) is 11.8 Å². The lowest BCUT2D eigenvalue weighted by Crippen LogP contribution is -2.42. The number of fused-ring (bicyclic) bond motifs is 1. The summed E-state index contributed by atoms with van der Waals surface area (Å²) in [5, 5.41) is 14.8. The average molecular weight is 336 g/mol. The van der Waals surface area contributed by atoms with Crippen molar-refractivity contribution in [2.45, 2.75) is 31.6 Å². The number of benzene rings is 1. The van der Waals surface area contributed by atoms with Crippen LogP contribution in [0.4, 0.5) is 5.69 Å². The molecule has 0 atom stereocenters. The molecule has 2 rings (SSSR count). The van der Waals surface area contributed by atoms with Crippen molar-refractivity contribution in [1.29, 1.82) is 0 Å². The van der Waals surface area contributed by atoms with E-state index < -0.39 is 11.4 Å². The van der Waals surface area contributed by atoms with E-state index in [1.807, 2.05) is 0 Å². The summed E-state index contributed by atoms with van der Waals surface area (Å²) in [4.78, 5) is 36.1. The minimum Gasteiger partial charge on any atom is -0.481 e. The Bertz CT molecular complexity index is 641. The fourth-order valence-corrected chi connectivity index (χ4v) is 3.24. The Hall–Kier alpha value is -2.02. The van der Waals surface area contributed by atoms with Crippen LogP contribution in [-0.2, 0) is 9.59 Å². The third kappa shape index (κ3) is 3.67. The van der Waals surface area contributed by atoms with Gasteiger partial charge in [0.2, 0.25) is 5.91 Å². The van der Waals surface area contributed by atoms with Crippen LogP contribution in [-0.4, -0.2) is 35.2 Å². The fraction of sp³-hybridized carbons (Fsp3) is 0.438. The predicted octanol–water partition coefficient (Wildman–Crippen LogP) is 2.35. The topological polar surface area (TPSA) is 95.5 Å². The molecule has 0 saturated heterocycles. The molecule has 0 fully saturated rings. The summed E-state index contributed by atoms with van der Waals surface area (Å²) < 4.78 is 0. The molecule has 0 bridgehead atoms. The number of aliphatic carboxylic acids is 1. The maximum Gasteiger partial charge on any atom is 0.311 e. The third-order valence-corrected chi connectivity index (χ3v) is 5.34. The second kappa shape index (κ2) is 7.04. The highest BCUT2D eigenvalue weighted by molar-refractivity contribution is 8.00. The third-order valence-electron chi connectivity index (χ3n) is 4.27. The second-order valence-corrected chi connectivity index (χ2v) is 6.54. The van der Waals surface area contributed by atoms with E-state index in [-0.39, 0.29) is 18.4 Å². The lowest BCUT2D eigenvalue weighted by atomic mass is 9.82. The Morgan fingerprint density at radius 2 is 2.04 bits per heavy atom. The molecular weight excluding hydrogens is 316 g/mol. The van der Waals surface area contributed by atoms with Crippen molar-refractivity contribution in [1.82, 2.24) is 5.32 Å². The minimum atomic E-state index is -0.950. The molecule has 0 spiro atoms. The number of nitrogens with one attached hydrogen (secondary N) is 2. The van der Waals surface area contributed by atoms with Crippen LogP contribution in [0.1, 0.15) is 37.0 Å². The number of hydrogen-bond acceptors (Lipinski definition) is 4. The summed E-state index contributed by atoms with van der Waals surface area (Å²) in [7, 11) is 0. The number of carboxylic acid groups (broad SMARTS) is 1. The van der Waals surface area contributed by atoms with Gasteiger partial charge >= 0.3 is 5.97 Å². The van der Waals surface area contributed by atoms with Crippen LogP contribution in [0.15, 0.2) is 23.1 Å². The summed E-state index contributed by atoms with van der Waals surface area (Å²) in [6.45, 7) is 3.68. The first-order valence-corrected chi connectivity index (χ1v) is 8.48. The first kappa shape index (κ1) is 17.3. The molecule has 0 saturated carbocycles. The quantitative estimate of drug-likeness (QED) is 0.741. The van der Waals surface area contributed by atoms with E-state index in [1.54, 1.807) is 32.0 Å². The minimum absolute atomic E-state index is 0.0758. The van der Waals surface area contributed by atoms with Crippen molar-refractivity contribution in [2.75, 3.05) is 17.6 Å². The zero-order valence-electron chi connectivity index (χ0n) is 13.1. The van der Waals surface area contributed by atoms with Crippen LogP contribution in [0, 0.1) is 5.41 Å². The smallest absolute Gasteiger partial charge is 0.311 e. The number of anilines is 1. The highest BCUT2D eigenvalue weighted by Crippen LogP contribution is 2.32. The Balaban J connectivity index is 2.11. The van der Waals surface area contributed by atoms with Gasteiger partial charge in [-0.05, 0) is 31.0 Å². The molecule has 1 aliphatic rings. The number of carboxylic acids is 1. The van der Waals surface area contributed by atoms with Crippen LogP contribution >= 0.6 is 11.8 Å². The van der Waals surface area contributed by atoms with Crippen LogP contribution in [0.25, 0.3) is 0 Å². The SMILES string of the molecule is CCC(CC)(CNC(=O)c1ccc2c(c1)NC(=O)CS2)C(=O)O. The highest BCUT2D eigenvalue weighted by atomic mass is 32.2. The summed E-state index contributed by atoms with van der Waals surface area (Å²) in [5.41, 5.74) is 0.0703. The number of thioether (sulfide) groups is 1. The Kier molecular flexibility index (Phi) is 5.30. The molecule has 124 valence electrons. The molecule has 1 aromatic carbocycles. The zero-order valence-corrected chi connectivity index (χ0v) is 14.0. The lowest BCUT2D eigenvalue weighted by molar-refractivity contribution is -0.149. The molecule has 23 heavy (non-hydrogen) atoms. The van der Waals surface area contributed by atoms with Crippen molar-refractivity contribution in [2.24, 2.45) is 5.41 Å². The molecule has 6 nitrogen and oxygen atoms in total. The summed E-state index contributed by atoms with van der Waals surface area (Å²) in [6.07, 6.45) is 0.881. The summed E-state index contributed by atoms with van der Waals surface area (Å²) in [6, 6.07) is 5.09. The Morgan fingerprint density at radius 1 is 1.35 bits per heavy atom. The van der Waals surface area contributed by atoms with E-state index in [0.717, 1.165) is 4.90 Å². The predicted molar refractivity (Wildman–Crippen MR) is 88.8 cm³/mol. The Labute approximate surface area is 139 Å². The maximum atomic E-state index is 12.3. The van der Waals surface area contributed by atoms with Crippen LogP contribution in [0.2, 0.25) is 0 Å². The second-order valence-electron chi connectivity index (χ2n) is 5.52. The molecule has 1 aromatic rings. The van der Waals surface area contributed by atoms with E-state index in [2.05, 4.69) is 10.6 Å². The summed E-state index contributed by atoms with van der Waals surface area (Å²) in [5.74, 6) is -0.976. The van der Waals surface area contributed by atoms with Crippen LogP contribution in [0.5, 0.6) is 0 Å². The molecule has 2 amide bonds. The molecule has 0 aromatic heterocycles. The Morgan fingerprint density at radius 3 is 2.65 bits per heavy atom. The molecule has 0 radical (unpaired) electrons. The van der Waals surface area contributed by atoms with Gasteiger partial charge in [0.25, 0.3) is 5.91 Å². The fourth-order valence-electron chi connectivity index (χ4n) is 2.45. The van der Waals surface area contributed by atoms with Gasteiger partial charge < -0.3 is 15.7 Å². The number of carbonyl (C=O) groups excluding carboxylic acids is 2. The average Bonchev–Trinajstić information content (AvgIpc) is 2.55. The van der Waals surface area contributed by atoms with Crippen LogP contribution < -0.4 is 10.6 Å². The monoisotopic (exact) mass is 336 g/mol. The van der Waals surface area contributed by atoms with Gasteiger partial charge in [0.1, 0.15) is 0 Å². The molecule has 0 unspecified atom stereocenters. The summed E-state index contributed by atoms with van der Waals surface area (Å²) >= 11 is 1.42. The first-order chi connectivity index (χ1) is 10.9. The number of carbonyl (C=O) groups is 3. The maximum absolute atomic E-state index is 12.3. The highest BCUT2D eigenvalue weighted by Gasteiger charge is 2.35. The molecule has 1 heterocycles. The van der Waals surface area contributed by atoms with Gasteiger partial charge in [-0.3, -0.25) is 14.4 Å². The van der Waals surface area contributed by atoms with Crippen molar-refractivity contribution in [3.05, 3.63) is 23.8 Å². The van der Waals surface area contributed by atoms with E-state index in [4.69, 9.17) is 0 Å². The molecule has 3 N–H and O–H groups in total. The molecule has 7 heteroatoms. The van der Waals surface area contributed by atoms with E-state index in [0.29, 0.717) is 29.8 Å². The van der Waals surface area contributed by atoms with Gasteiger partial charge in [0.15, 0.2) is 0 Å². The normalized spacial score (nSPS) is 13.9. The van der Waals surface area contributed by atoms with Crippen molar-refractivity contribution >= 4 is 35.2 Å². The van der Waals surface area contributed by atoms with Gasteiger partial charge in [0, 0.05) is 17.0 Å². The van der Waals surface area contributed by atoms with Crippen molar-refractivity contribution in [3.8, 4) is 0 Å². The van der Waals surface area contributed by atoms with Gasteiger partial charge in [-0.15, -0.1) is 11.8 Å². The largest absolute Gasteiger partial charge is 0.481 e. The lowest BCUT2D eigenvalue weighted by Gasteiger charge is -2.27. The standard InChI is InChI=1S/C16H20N2O4S/c1-3-16(4-2,15(21)22)9-17-14(20)10-5-6-12-11(7-10)18-13(19)8-23-12/h5-7H,3-4,8-9H2,1-2H3,(H,17,20)(H,18,19)(H,21,22). The first-order valence-electron chi connectivity index (χ1n) is 7.50. The van der Waals surface area contributed by atoms with E-state index >= 15 is 0 Å². The number of amides is 2. The molecule has 1 aliphatic heterocycles. The molecule has 0 aliphatic carbocycles. The van der Waals surface area contributed by atoms with Gasteiger partial charge in [-0.25, -0.2) is 0 Å². The van der Waals surface area contributed by atoms with Crippen LogP contribution in [0.3, 0.4) is 0 Å². The number of rotatable bonds is 6. The van der Waals surface area contributed by atoms with Crippen molar-refractivity contribution < 1.29 is 19.5 Å². The van der Waals surface area contributed by atoms with Gasteiger partial charge in [0.05, 0.1) is 16.9 Å².